The molecule has 0 aliphatic heterocycles. The normalized spacial score (nSPS) is 10.8. The smallest absolute Gasteiger partial charge is 0.339 e. The Morgan fingerprint density at radius 1 is 1.31 bits per heavy atom. The Labute approximate surface area is 158 Å². The molecule has 0 radical (unpaired) electrons. The van der Waals surface area contributed by atoms with Crippen molar-refractivity contribution >= 4 is 40.9 Å². The number of nitrogens with one attached hydrogen (secondary N) is 1. The summed E-state index contributed by atoms with van der Waals surface area (Å²) in [6.07, 6.45) is 0.199. The number of benzene rings is 1. The van der Waals surface area contributed by atoms with Crippen molar-refractivity contribution in [3.8, 4) is 0 Å². The summed E-state index contributed by atoms with van der Waals surface area (Å²) in [5, 5.41) is 12.6. The summed E-state index contributed by atoms with van der Waals surface area (Å²) in [4.78, 5) is 31.5. The zero-order valence-electron chi connectivity index (χ0n) is 13.9. The lowest BCUT2D eigenvalue weighted by Crippen LogP contribution is -2.16. The van der Waals surface area contributed by atoms with Crippen molar-refractivity contribution in [1.82, 2.24) is 9.97 Å². The van der Waals surface area contributed by atoms with Crippen molar-refractivity contribution < 1.29 is 24.2 Å². The van der Waals surface area contributed by atoms with E-state index >= 15 is 0 Å². The van der Waals surface area contributed by atoms with Gasteiger partial charge in [0.15, 0.2) is 5.16 Å². The van der Waals surface area contributed by atoms with Gasteiger partial charge in [0.25, 0.3) is 0 Å². The third-order valence-electron chi connectivity index (χ3n) is 3.16. The molecule has 0 fully saturated rings. The van der Waals surface area contributed by atoms with E-state index in [1.165, 1.54) is 14.2 Å². The van der Waals surface area contributed by atoms with Crippen LogP contribution in [0.2, 0.25) is 5.02 Å². The molecule has 8 nitrogen and oxygen atoms in total. The number of hydrogen-bond acceptors (Lipinski definition) is 7. The van der Waals surface area contributed by atoms with Gasteiger partial charge in [0.1, 0.15) is 11.3 Å². The summed E-state index contributed by atoms with van der Waals surface area (Å²) >= 11 is 7.04. The Bertz CT molecular complexity index is 801. The van der Waals surface area contributed by atoms with Crippen molar-refractivity contribution in [1.29, 1.82) is 0 Å². The summed E-state index contributed by atoms with van der Waals surface area (Å²) in [6, 6.07) is 6.86. The lowest BCUT2D eigenvalue weighted by molar-refractivity contribution is -0.113. The molecule has 138 valence electrons. The third-order valence-corrected chi connectivity index (χ3v) is 4.35. The number of aromatic nitrogens is 2. The second kappa shape index (κ2) is 9.48. The van der Waals surface area contributed by atoms with E-state index in [-0.39, 0.29) is 28.1 Å². The number of amides is 1. The monoisotopic (exact) mass is 397 g/mol. The number of para-hydroxylation sites is 1. The Balaban J connectivity index is 2.09. The van der Waals surface area contributed by atoms with Crippen LogP contribution in [-0.2, 0) is 14.3 Å². The summed E-state index contributed by atoms with van der Waals surface area (Å²) < 4.78 is 10.1. The molecule has 26 heavy (non-hydrogen) atoms. The molecule has 0 bridgehead atoms. The number of carbonyl (C=O) groups excluding carboxylic acids is 1. The molecule has 0 aliphatic carbocycles. The minimum absolute atomic E-state index is 0.0156. The highest BCUT2D eigenvalue weighted by Gasteiger charge is 2.22. The van der Waals surface area contributed by atoms with Crippen LogP contribution in [0.1, 0.15) is 22.3 Å². The molecule has 1 aromatic carbocycles. The number of methoxy groups -OCH3 is 2. The minimum Gasteiger partial charge on any atom is -0.478 e. The lowest BCUT2D eigenvalue weighted by atomic mass is 10.2. The Morgan fingerprint density at radius 3 is 2.62 bits per heavy atom. The maximum atomic E-state index is 12.1. The second-order valence-corrected chi connectivity index (χ2v) is 6.23. The first-order valence-corrected chi connectivity index (χ1v) is 8.65. The molecule has 2 N–H and O–H groups in total. The number of ether oxygens (including phenoxy) is 2. The first-order chi connectivity index (χ1) is 12.5. The summed E-state index contributed by atoms with van der Waals surface area (Å²) in [7, 11) is 2.73. The number of thioether (sulfide) groups is 1. The fourth-order valence-corrected chi connectivity index (χ4v) is 2.80. The van der Waals surface area contributed by atoms with E-state index in [0.717, 1.165) is 18.0 Å². The van der Waals surface area contributed by atoms with E-state index < -0.39 is 12.3 Å². The summed E-state index contributed by atoms with van der Waals surface area (Å²) in [6.45, 7) is 0. The summed E-state index contributed by atoms with van der Waals surface area (Å²) in [5.74, 6) is -1.49. The molecule has 2 aromatic rings. The molecule has 0 unspecified atom stereocenters. The van der Waals surface area contributed by atoms with Gasteiger partial charge in [-0.05, 0) is 12.1 Å². The van der Waals surface area contributed by atoms with E-state index in [1.807, 2.05) is 0 Å². The van der Waals surface area contributed by atoms with Gasteiger partial charge in [-0.3, -0.25) is 4.79 Å². The Kier molecular flexibility index (Phi) is 7.34. The zero-order valence-corrected chi connectivity index (χ0v) is 15.5. The number of rotatable bonds is 8. The highest BCUT2D eigenvalue weighted by molar-refractivity contribution is 7.99. The van der Waals surface area contributed by atoms with Crippen LogP contribution < -0.4 is 5.32 Å². The fraction of sp³-hybridized carbons (Fsp3) is 0.250. The first-order valence-electron chi connectivity index (χ1n) is 7.29. The van der Waals surface area contributed by atoms with Crippen LogP contribution >= 0.6 is 23.4 Å². The molecular formula is C16H16ClN3O5S. The van der Waals surface area contributed by atoms with Gasteiger partial charge in [0.05, 0.1) is 16.5 Å². The second-order valence-electron chi connectivity index (χ2n) is 4.88. The predicted molar refractivity (Wildman–Crippen MR) is 96.6 cm³/mol. The van der Waals surface area contributed by atoms with Crippen molar-refractivity contribution in [2.75, 3.05) is 25.3 Å². The van der Waals surface area contributed by atoms with Crippen LogP contribution in [0.3, 0.4) is 0 Å². The molecule has 0 saturated carbocycles. The topological polar surface area (TPSA) is 111 Å². The maximum Gasteiger partial charge on any atom is 0.339 e. The van der Waals surface area contributed by atoms with Crippen molar-refractivity contribution in [2.24, 2.45) is 0 Å². The number of hydrogen-bond donors (Lipinski definition) is 2. The quantitative estimate of drug-likeness (QED) is 0.397. The molecule has 1 amide bonds. The average Bonchev–Trinajstić information content (AvgIpc) is 2.63. The Hall–Kier alpha value is -2.20. The van der Waals surface area contributed by atoms with Crippen LogP contribution in [-0.4, -0.2) is 46.9 Å². The van der Waals surface area contributed by atoms with E-state index in [0.29, 0.717) is 10.7 Å². The molecule has 0 atom stereocenters. The molecule has 2 rings (SSSR count). The van der Waals surface area contributed by atoms with Gasteiger partial charge in [-0.25, -0.2) is 14.8 Å². The average molecular weight is 398 g/mol. The molecule has 10 heteroatoms. The number of aromatic carboxylic acids is 1. The fourth-order valence-electron chi connectivity index (χ4n) is 1.99. The van der Waals surface area contributed by atoms with Crippen LogP contribution in [0.4, 0.5) is 5.69 Å². The van der Waals surface area contributed by atoms with E-state index in [4.69, 9.17) is 21.1 Å². The number of carboxylic acid groups (broad SMARTS) is 1. The van der Waals surface area contributed by atoms with Gasteiger partial charge in [0.2, 0.25) is 12.2 Å². The Morgan fingerprint density at radius 2 is 2.00 bits per heavy atom. The van der Waals surface area contributed by atoms with Gasteiger partial charge in [-0.2, -0.15) is 0 Å². The number of anilines is 1. The molecule has 0 saturated heterocycles. The van der Waals surface area contributed by atoms with Gasteiger partial charge >= 0.3 is 5.97 Å². The SMILES string of the molecule is COC(OC)c1nc(SCC(=O)Nc2ccccc2Cl)ncc1C(=O)O. The van der Waals surface area contributed by atoms with Gasteiger partial charge in [-0.15, -0.1) is 0 Å². The van der Waals surface area contributed by atoms with Crippen molar-refractivity contribution in [2.45, 2.75) is 11.4 Å². The van der Waals surface area contributed by atoms with Crippen molar-refractivity contribution in [3.05, 3.63) is 46.7 Å². The highest BCUT2D eigenvalue weighted by atomic mass is 35.5. The predicted octanol–water partition coefficient (Wildman–Crippen LogP) is 2.85. The molecule has 1 heterocycles. The molecular weight excluding hydrogens is 382 g/mol. The number of carboxylic acids is 1. The standard InChI is InChI=1S/C16H16ClN3O5S/c1-24-15(25-2)13-9(14(22)23)7-18-16(20-13)26-8-12(21)19-11-6-4-3-5-10(11)17/h3-7,15H,8H2,1-2H3,(H,19,21)(H,22,23). The molecule has 1 aromatic heterocycles. The van der Waals surface area contributed by atoms with E-state index in [1.54, 1.807) is 24.3 Å². The van der Waals surface area contributed by atoms with Crippen molar-refractivity contribution in [3.63, 3.8) is 0 Å². The highest BCUT2D eigenvalue weighted by Crippen LogP contribution is 2.24. The van der Waals surface area contributed by atoms with E-state index in [2.05, 4.69) is 15.3 Å². The van der Waals surface area contributed by atoms with E-state index in [9.17, 15) is 14.7 Å². The van der Waals surface area contributed by atoms with Gasteiger partial charge in [0, 0.05) is 20.4 Å². The first kappa shape index (κ1) is 20.1. The number of nitrogens with zero attached hydrogens (tertiary/aromatic N) is 2. The molecule has 0 spiro atoms. The maximum absolute atomic E-state index is 12.1. The largest absolute Gasteiger partial charge is 0.478 e. The number of halogens is 1. The summed E-state index contributed by atoms with van der Waals surface area (Å²) in [5.41, 5.74) is 0.441. The lowest BCUT2D eigenvalue weighted by Gasteiger charge is -2.15. The van der Waals surface area contributed by atoms with Crippen LogP contribution in [0.5, 0.6) is 0 Å². The van der Waals surface area contributed by atoms with Crippen LogP contribution in [0.15, 0.2) is 35.6 Å². The minimum atomic E-state index is -1.20. The van der Waals surface area contributed by atoms with Gasteiger partial charge < -0.3 is 19.9 Å². The molecule has 0 aliphatic rings. The van der Waals surface area contributed by atoms with Crippen LogP contribution in [0, 0.1) is 0 Å². The zero-order chi connectivity index (χ0) is 19.1. The third kappa shape index (κ3) is 5.15. The number of carbonyl (C=O) groups is 2. The van der Waals surface area contributed by atoms with Gasteiger partial charge in [-0.1, -0.05) is 35.5 Å². The van der Waals surface area contributed by atoms with Crippen LogP contribution in [0.25, 0.3) is 0 Å².